The van der Waals surface area contributed by atoms with Crippen LogP contribution >= 0.6 is 0 Å². The van der Waals surface area contributed by atoms with Gasteiger partial charge in [-0.05, 0) is 31.1 Å². The zero-order valence-corrected chi connectivity index (χ0v) is 7.81. The van der Waals surface area contributed by atoms with Crippen molar-refractivity contribution in [3.8, 4) is 0 Å². The lowest BCUT2D eigenvalue weighted by molar-refractivity contribution is 0.150. The molecule has 70 valence electrons. The first-order valence-corrected chi connectivity index (χ1v) is 5.33. The van der Waals surface area contributed by atoms with Crippen LogP contribution in [-0.4, -0.2) is 6.04 Å². The normalized spacial score (nSPS) is 34.2. The molecule has 0 amide bonds. The third-order valence-corrected chi connectivity index (χ3v) is 3.96. The lowest BCUT2D eigenvalue weighted by Gasteiger charge is -2.38. The largest absolute Gasteiger partial charge is 0.271 e. The van der Waals surface area contributed by atoms with Gasteiger partial charge in [-0.2, -0.15) is 0 Å². The minimum Gasteiger partial charge on any atom is -0.271 e. The Labute approximate surface area is 74.9 Å². The van der Waals surface area contributed by atoms with Crippen molar-refractivity contribution in [1.29, 1.82) is 0 Å². The molecule has 0 aromatic heterocycles. The van der Waals surface area contributed by atoms with Gasteiger partial charge in [0.2, 0.25) is 0 Å². The Kier molecular flexibility index (Phi) is 2.37. The number of nitrogens with one attached hydrogen (secondary N) is 1. The molecule has 3 N–H and O–H groups in total. The molecule has 2 heteroatoms. The molecular formula is C10H20N2. The Morgan fingerprint density at radius 3 is 2.33 bits per heavy atom. The molecule has 0 aromatic carbocycles. The Balaban J connectivity index is 2.05. The van der Waals surface area contributed by atoms with Crippen molar-refractivity contribution >= 4 is 0 Å². The summed E-state index contributed by atoms with van der Waals surface area (Å²) in [6.45, 7) is 0. The van der Waals surface area contributed by atoms with Crippen molar-refractivity contribution in [2.45, 2.75) is 57.4 Å². The highest BCUT2D eigenvalue weighted by atomic mass is 15.2. The predicted molar refractivity (Wildman–Crippen MR) is 50.5 cm³/mol. The summed E-state index contributed by atoms with van der Waals surface area (Å²) < 4.78 is 0. The van der Waals surface area contributed by atoms with E-state index in [4.69, 9.17) is 5.84 Å². The highest BCUT2D eigenvalue weighted by Gasteiger charge is 2.42. The standard InChI is InChI=1S/C10H20N2/c11-12-9-5-4-8-10(9)6-2-1-3-7-10/h9,12H,1-8,11H2. The van der Waals surface area contributed by atoms with Crippen LogP contribution in [0.3, 0.4) is 0 Å². The maximum atomic E-state index is 5.59. The molecule has 2 rings (SSSR count). The second kappa shape index (κ2) is 3.35. The van der Waals surface area contributed by atoms with Crippen LogP contribution < -0.4 is 11.3 Å². The number of rotatable bonds is 1. The fourth-order valence-electron chi connectivity index (χ4n) is 3.25. The lowest BCUT2D eigenvalue weighted by atomic mass is 9.70. The van der Waals surface area contributed by atoms with Gasteiger partial charge in [-0.25, -0.2) is 0 Å². The zero-order chi connectivity index (χ0) is 8.44. The van der Waals surface area contributed by atoms with Crippen LogP contribution in [0.25, 0.3) is 0 Å². The number of nitrogens with two attached hydrogens (primary N) is 1. The molecule has 0 radical (unpaired) electrons. The molecule has 2 saturated carbocycles. The molecule has 0 heterocycles. The molecule has 0 bridgehead atoms. The van der Waals surface area contributed by atoms with Crippen LogP contribution in [0, 0.1) is 5.41 Å². The van der Waals surface area contributed by atoms with Gasteiger partial charge in [0.1, 0.15) is 0 Å². The third-order valence-electron chi connectivity index (χ3n) is 3.96. The maximum absolute atomic E-state index is 5.59. The average Bonchev–Trinajstić information content (AvgIpc) is 2.49. The summed E-state index contributed by atoms with van der Waals surface area (Å²) in [5.41, 5.74) is 3.63. The van der Waals surface area contributed by atoms with E-state index >= 15 is 0 Å². The van der Waals surface area contributed by atoms with E-state index in [1.165, 1.54) is 51.4 Å². The van der Waals surface area contributed by atoms with Gasteiger partial charge in [0.25, 0.3) is 0 Å². The average molecular weight is 168 g/mol. The van der Waals surface area contributed by atoms with Crippen LogP contribution in [0.1, 0.15) is 51.4 Å². The zero-order valence-electron chi connectivity index (χ0n) is 7.81. The predicted octanol–water partition coefficient (Wildman–Crippen LogP) is 1.95. The summed E-state index contributed by atoms with van der Waals surface area (Å²) in [5, 5.41) is 0. The summed E-state index contributed by atoms with van der Waals surface area (Å²) in [6, 6.07) is 0.623. The SMILES string of the molecule is NNC1CCCC12CCCCC2. The van der Waals surface area contributed by atoms with E-state index < -0.39 is 0 Å². The van der Waals surface area contributed by atoms with Crippen molar-refractivity contribution in [3.63, 3.8) is 0 Å². The molecule has 2 aliphatic carbocycles. The van der Waals surface area contributed by atoms with Crippen LogP contribution in [-0.2, 0) is 0 Å². The number of hydrazine groups is 1. The van der Waals surface area contributed by atoms with E-state index in [0.29, 0.717) is 11.5 Å². The summed E-state index contributed by atoms with van der Waals surface area (Å²) in [7, 11) is 0. The lowest BCUT2D eigenvalue weighted by Crippen LogP contribution is -2.45. The quantitative estimate of drug-likeness (QED) is 0.464. The van der Waals surface area contributed by atoms with Gasteiger partial charge >= 0.3 is 0 Å². The molecule has 2 nitrogen and oxygen atoms in total. The van der Waals surface area contributed by atoms with Crippen LogP contribution in [0.2, 0.25) is 0 Å². The molecular weight excluding hydrogens is 148 g/mol. The maximum Gasteiger partial charge on any atom is 0.0266 e. The van der Waals surface area contributed by atoms with Crippen molar-refractivity contribution in [2.75, 3.05) is 0 Å². The Hall–Kier alpha value is -0.0800. The second-order valence-electron chi connectivity index (χ2n) is 4.53. The fraction of sp³-hybridized carbons (Fsp3) is 1.00. The van der Waals surface area contributed by atoms with Gasteiger partial charge in [0.15, 0.2) is 0 Å². The second-order valence-corrected chi connectivity index (χ2v) is 4.53. The topological polar surface area (TPSA) is 38.0 Å². The smallest absolute Gasteiger partial charge is 0.0266 e. The summed E-state index contributed by atoms with van der Waals surface area (Å²) in [5.74, 6) is 5.59. The van der Waals surface area contributed by atoms with Gasteiger partial charge in [-0.15, -0.1) is 0 Å². The van der Waals surface area contributed by atoms with Crippen molar-refractivity contribution in [2.24, 2.45) is 11.3 Å². The van der Waals surface area contributed by atoms with E-state index in [0.717, 1.165) is 0 Å². The Morgan fingerprint density at radius 1 is 1.00 bits per heavy atom. The fourth-order valence-corrected chi connectivity index (χ4v) is 3.25. The highest BCUT2D eigenvalue weighted by Crippen LogP contribution is 2.48. The molecule has 1 unspecified atom stereocenters. The van der Waals surface area contributed by atoms with Gasteiger partial charge < -0.3 is 0 Å². The van der Waals surface area contributed by atoms with Crippen molar-refractivity contribution in [3.05, 3.63) is 0 Å². The first-order chi connectivity index (χ1) is 5.87. The minimum atomic E-state index is 0.604. The Morgan fingerprint density at radius 2 is 1.67 bits per heavy atom. The van der Waals surface area contributed by atoms with Gasteiger partial charge in [0, 0.05) is 6.04 Å². The van der Waals surface area contributed by atoms with Gasteiger partial charge in [0.05, 0.1) is 0 Å². The van der Waals surface area contributed by atoms with Crippen LogP contribution in [0.4, 0.5) is 0 Å². The number of hydrogen-bond donors (Lipinski definition) is 2. The van der Waals surface area contributed by atoms with Crippen molar-refractivity contribution < 1.29 is 0 Å². The summed E-state index contributed by atoms with van der Waals surface area (Å²) in [6.07, 6.45) is 11.2. The molecule has 1 atom stereocenters. The monoisotopic (exact) mass is 168 g/mol. The van der Waals surface area contributed by atoms with Crippen LogP contribution in [0.5, 0.6) is 0 Å². The molecule has 2 fully saturated rings. The summed E-state index contributed by atoms with van der Waals surface area (Å²) >= 11 is 0. The summed E-state index contributed by atoms with van der Waals surface area (Å²) in [4.78, 5) is 0. The van der Waals surface area contributed by atoms with E-state index in [9.17, 15) is 0 Å². The van der Waals surface area contributed by atoms with E-state index in [1.54, 1.807) is 0 Å². The molecule has 0 aromatic rings. The Bertz CT molecular complexity index is 150. The molecule has 1 spiro atoms. The van der Waals surface area contributed by atoms with Gasteiger partial charge in [-0.1, -0.05) is 25.7 Å². The molecule has 0 aliphatic heterocycles. The first kappa shape index (κ1) is 8.52. The number of hydrogen-bond acceptors (Lipinski definition) is 2. The van der Waals surface area contributed by atoms with E-state index in [2.05, 4.69) is 5.43 Å². The highest BCUT2D eigenvalue weighted by molar-refractivity contribution is 4.96. The third kappa shape index (κ3) is 1.27. The minimum absolute atomic E-state index is 0.604. The molecule has 2 aliphatic rings. The van der Waals surface area contributed by atoms with Crippen LogP contribution in [0.15, 0.2) is 0 Å². The molecule has 0 saturated heterocycles. The molecule has 12 heavy (non-hydrogen) atoms. The van der Waals surface area contributed by atoms with Gasteiger partial charge in [-0.3, -0.25) is 11.3 Å². The van der Waals surface area contributed by atoms with Crippen molar-refractivity contribution in [1.82, 2.24) is 5.43 Å². The first-order valence-electron chi connectivity index (χ1n) is 5.33. The van der Waals surface area contributed by atoms with E-state index in [1.807, 2.05) is 0 Å². The van der Waals surface area contributed by atoms with E-state index in [-0.39, 0.29) is 0 Å².